The molecule has 0 heterocycles. The second-order valence-electron chi connectivity index (χ2n) is 3.66. The molecular weight excluding hydrogens is 351 g/mol. The Balaban J connectivity index is 2.64. The van der Waals surface area contributed by atoms with Crippen LogP contribution in [0.25, 0.3) is 11.1 Å². The Labute approximate surface area is 116 Å². The van der Waals surface area contributed by atoms with E-state index in [1.54, 1.807) is 18.2 Å². The van der Waals surface area contributed by atoms with Crippen LogP contribution in [-0.4, -0.2) is 5.91 Å². The molecule has 2 aromatic rings. The Hall–Kier alpha value is -1.50. The first kappa shape index (κ1) is 12.9. The summed E-state index contributed by atoms with van der Waals surface area (Å²) in [6.07, 6.45) is 0. The zero-order valence-electron chi connectivity index (χ0n) is 9.08. The lowest BCUT2D eigenvalue weighted by atomic mass is 10.0. The van der Waals surface area contributed by atoms with Crippen LogP contribution in [0.4, 0.5) is 8.78 Å². The second kappa shape index (κ2) is 5.01. The molecule has 0 unspecified atom stereocenters. The Morgan fingerprint density at radius 2 is 1.83 bits per heavy atom. The Kier molecular flexibility index (Phi) is 3.60. The molecule has 0 spiro atoms. The fraction of sp³-hybridized carbons (Fsp3) is 0. The molecule has 2 aromatic carbocycles. The molecule has 0 radical (unpaired) electrons. The van der Waals surface area contributed by atoms with E-state index in [9.17, 15) is 13.6 Å². The summed E-state index contributed by atoms with van der Waals surface area (Å²) in [5.41, 5.74) is 6.30. The van der Waals surface area contributed by atoms with Crippen LogP contribution in [0.5, 0.6) is 0 Å². The van der Waals surface area contributed by atoms with Gasteiger partial charge >= 0.3 is 0 Å². The van der Waals surface area contributed by atoms with Crippen molar-refractivity contribution in [3.05, 3.63) is 57.2 Å². The van der Waals surface area contributed by atoms with Crippen LogP contribution in [0, 0.1) is 15.2 Å². The van der Waals surface area contributed by atoms with Gasteiger partial charge in [0.05, 0.1) is 5.56 Å². The Bertz CT molecular complexity index is 628. The van der Waals surface area contributed by atoms with E-state index in [0.717, 1.165) is 6.07 Å². The van der Waals surface area contributed by atoms with Crippen LogP contribution in [0.1, 0.15) is 10.4 Å². The van der Waals surface area contributed by atoms with Crippen LogP contribution in [-0.2, 0) is 0 Å². The van der Waals surface area contributed by atoms with Gasteiger partial charge in [0.2, 0.25) is 5.91 Å². The van der Waals surface area contributed by atoms with Crippen LogP contribution in [0.15, 0.2) is 36.4 Å². The predicted molar refractivity (Wildman–Crippen MR) is 73.0 cm³/mol. The highest BCUT2D eigenvalue weighted by atomic mass is 127. The lowest BCUT2D eigenvalue weighted by Crippen LogP contribution is -2.13. The van der Waals surface area contributed by atoms with E-state index in [-0.39, 0.29) is 5.56 Å². The van der Waals surface area contributed by atoms with Gasteiger partial charge in [-0.3, -0.25) is 4.79 Å². The van der Waals surface area contributed by atoms with Crippen molar-refractivity contribution in [3.63, 3.8) is 0 Å². The van der Waals surface area contributed by atoms with Gasteiger partial charge in [-0.15, -0.1) is 0 Å². The van der Waals surface area contributed by atoms with E-state index in [1.807, 2.05) is 22.6 Å². The monoisotopic (exact) mass is 359 g/mol. The number of benzene rings is 2. The van der Waals surface area contributed by atoms with Crippen LogP contribution >= 0.6 is 22.6 Å². The second-order valence-corrected chi connectivity index (χ2v) is 4.73. The van der Waals surface area contributed by atoms with Gasteiger partial charge in [0.15, 0.2) is 0 Å². The number of hydrogen-bond acceptors (Lipinski definition) is 1. The van der Waals surface area contributed by atoms with E-state index in [2.05, 4.69) is 0 Å². The van der Waals surface area contributed by atoms with Gasteiger partial charge in [-0.2, -0.15) is 0 Å². The van der Waals surface area contributed by atoms with Gasteiger partial charge in [0.1, 0.15) is 11.6 Å². The van der Waals surface area contributed by atoms with Crippen molar-refractivity contribution in [2.75, 3.05) is 0 Å². The minimum Gasteiger partial charge on any atom is -0.366 e. The van der Waals surface area contributed by atoms with E-state index in [0.29, 0.717) is 14.7 Å². The Morgan fingerprint density at radius 3 is 2.44 bits per heavy atom. The normalized spacial score (nSPS) is 10.4. The largest absolute Gasteiger partial charge is 0.366 e. The highest BCUT2D eigenvalue weighted by Crippen LogP contribution is 2.29. The van der Waals surface area contributed by atoms with Gasteiger partial charge in [0, 0.05) is 15.2 Å². The molecule has 0 saturated carbocycles. The number of nitrogens with two attached hydrogens (primary N) is 1. The summed E-state index contributed by atoms with van der Waals surface area (Å²) in [7, 11) is 0. The number of amides is 1. The summed E-state index contributed by atoms with van der Waals surface area (Å²) >= 11 is 1.92. The average Bonchev–Trinajstić information content (AvgIpc) is 2.30. The van der Waals surface area contributed by atoms with Crippen LogP contribution in [0.3, 0.4) is 0 Å². The number of carbonyl (C=O) groups is 1. The zero-order valence-corrected chi connectivity index (χ0v) is 11.2. The van der Waals surface area contributed by atoms with Gasteiger partial charge < -0.3 is 5.73 Å². The minimum absolute atomic E-state index is 0.240. The lowest BCUT2D eigenvalue weighted by molar-refractivity contribution is 0.0999. The summed E-state index contributed by atoms with van der Waals surface area (Å²) in [5, 5.41) is 0. The molecule has 1 amide bonds. The standard InChI is InChI=1S/C13H8F2INO/c14-7-4-5-8(11(15)6-7)9-2-1-3-10(12(9)16)13(17)18/h1-6H,(H2,17,18). The molecule has 92 valence electrons. The predicted octanol–water partition coefficient (Wildman–Crippen LogP) is 3.34. The summed E-state index contributed by atoms with van der Waals surface area (Å²) in [6, 6.07) is 8.15. The average molecular weight is 359 g/mol. The molecule has 0 aromatic heterocycles. The van der Waals surface area contributed by atoms with Crippen LogP contribution < -0.4 is 5.73 Å². The quantitative estimate of drug-likeness (QED) is 0.822. The van der Waals surface area contributed by atoms with Crippen molar-refractivity contribution < 1.29 is 13.6 Å². The fourth-order valence-corrected chi connectivity index (χ4v) is 2.55. The highest BCUT2D eigenvalue weighted by Gasteiger charge is 2.14. The minimum atomic E-state index is -0.672. The fourth-order valence-electron chi connectivity index (χ4n) is 1.64. The highest BCUT2D eigenvalue weighted by molar-refractivity contribution is 14.1. The number of carbonyl (C=O) groups excluding carboxylic acids is 1. The van der Waals surface area contributed by atoms with Gasteiger partial charge in [-0.25, -0.2) is 8.78 Å². The number of rotatable bonds is 2. The molecular formula is C13H8F2INO. The summed E-state index contributed by atoms with van der Waals surface area (Å²) in [5.74, 6) is -1.89. The first-order chi connectivity index (χ1) is 8.50. The first-order valence-corrected chi connectivity index (χ1v) is 6.12. The molecule has 0 aliphatic heterocycles. The summed E-state index contributed by atoms with van der Waals surface area (Å²) in [4.78, 5) is 11.2. The molecule has 0 fully saturated rings. The molecule has 18 heavy (non-hydrogen) atoms. The third-order valence-electron chi connectivity index (χ3n) is 2.49. The maximum Gasteiger partial charge on any atom is 0.249 e. The first-order valence-electron chi connectivity index (χ1n) is 5.04. The van der Waals surface area contributed by atoms with E-state index in [1.165, 1.54) is 12.1 Å². The maximum absolute atomic E-state index is 13.7. The topological polar surface area (TPSA) is 43.1 Å². The van der Waals surface area contributed by atoms with Crippen LogP contribution in [0.2, 0.25) is 0 Å². The molecule has 5 heteroatoms. The zero-order chi connectivity index (χ0) is 13.3. The van der Waals surface area contributed by atoms with Crippen molar-refractivity contribution in [2.24, 2.45) is 5.73 Å². The smallest absolute Gasteiger partial charge is 0.249 e. The van der Waals surface area contributed by atoms with Crippen molar-refractivity contribution >= 4 is 28.5 Å². The maximum atomic E-state index is 13.7. The Morgan fingerprint density at radius 1 is 1.11 bits per heavy atom. The number of hydrogen-bond donors (Lipinski definition) is 1. The van der Waals surface area contributed by atoms with Crippen molar-refractivity contribution in [1.82, 2.24) is 0 Å². The van der Waals surface area contributed by atoms with Gasteiger partial charge in [-0.1, -0.05) is 12.1 Å². The third kappa shape index (κ3) is 2.35. The number of primary amides is 1. The number of halogens is 3. The van der Waals surface area contributed by atoms with Crippen molar-refractivity contribution in [2.45, 2.75) is 0 Å². The van der Waals surface area contributed by atoms with Crippen molar-refractivity contribution in [1.29, 1.82) is 0 Å². The van der Waals surface area contributed by atoms with Gasteiger partial charge in [-0.05, 0) is 46.4 Å². The molecule has 0 saturated heterocycles. The van der Waals surface area contributed by atoms with Gasteiger partial charge in [0.25, 0.3) is 0 Å². The molecule has 2 rings (SSSR count). The summed E-state index contributed by atoms with van der Waals surface area (Å²) < 4.78 is 27.1. The van der Waals surface area contributed by atoms with E-state index >= 15 is 0 Å². The molecule has 2 nitrogen and oxygen atoms in total. The van der Waals surface area contributed by atoms with E-state index < -0.39 is 17.5 Å². The van der Waals surface area contributed by atoms with Crippen molar-refractivity contribution in [3.8, 4) is 11.1 Å². The SMILES string of the molecule is NC(=O)c1cccc(-c2ccc(F)cc2F)c1I. The molecule has 2 N–H and O–H groups in total. The third-order valence-corrected chi connectivity index (χ3v) is 3.65. The lowest BCUT2D eigenvalue weighted by Gasteiger charge is -2.09. The molecule has 0 atom stereocenters. The molecule has 0 bridgehead atoms. The summed E-state index contributed by atoms with van der Waals surface area (Å²) in [6.45, 7) is 0. The van der Waals surface area contributed by atoms with E-state index in [4.69, 9.17) is 5.73 Å². The molecule has 0 aliphatic rings. The molecule has 0 aliphatic carbocycles.